The van der Waals surface area contributed by atoms with Gasteiger partial charge in [0.2, 0.25) is 10.0 Å². The number of fused-ring (bicyclic) bond motifs is 1. The normalized spacial score (nSPS) is 15.8. The largest absolute Gasteiger partial charge is 0.305 e. The number of rotatable bonds is 5. The second kappa shape index (κ2) is 8.22. The maximum absolute atomic E-state index is 13.1. The fraction of sp³-hybridized carbons (Fsp3) is 0.174. The average molecular weight is 441 g/mol. The summed E-state index contributed by atoms with van der Waals surface area (Å²) in [5.74, 6) is -0.0549. The Morgan fingerprint density at radius 2 is 1.77 bits per heavy atom. The van der Waals surface area contributed by atoms with E-state index in [9.17, 15) is 13.2 Å². The number of hydrogen-bond donors (Lipinski definition) is 1. The van der Waals surface area contributed by atoms with Crippen LogP contribution in [0.5, 0.6) is 0 Å². The van der Waals surface area contributed by atoms with Crippen LogP contribution < -0.4 is 9.62 Å². The minimum Gasteiger partial charge on any atom is -0.305 e. The summed E-state index contributed by atoms with van der Waals surface area (Å²) in [4.78, 5) is 15.0. The first-order chi connectivity index (χ1) is 14.3. The molecule has 0 saturated carbocycles. The van der Waals surface area contributed by atoms with Gasteiger partial charge in [-0.05, 0) is 66.9 Å². The highest BCUT2D eigenvalue weighted by Gasteiger charge is 2.31. The van der Waals surface area contributed by atoms with Crippen LogP contribution in [-0.2, 0) is 23.0 Å². The second-order valence-electron chi connectivity index (χ2n) is 7.34. The van der Waals surface area contributed by atoms with Crippen LogP contribution in [0.25, 0.3) is 0 Å². The number of anilines is 1. The minimum atomic E-state index is -3.66. The maximum Gasteiger partial charge on any atom is 0.258 e. The number of sulfonamides is 1. The first-order valence-corrected chi connectivity index (χ1v) is 11.5. The zero-order chi connectivity index (χ0) is 21.3. The lowest BCUT2D eigenvalue weighted by molar-refractivity contribution is 0.0981. The number of nitrogens with zero attached hydrogens (tertiary/aromatic N) is 1. The number of nitrogens with one attached hydrogen (secondary N) is 1. The van der Waals surface area contributed by atoms with Crippen molar-refractivity contribution in [2.75, 3.05) is 4.90 Å². The third-order valence-corrected chi connectivity index (χ3v) is 6.86. The van der Waals surface area contributed by atoms with E-state index in [0.717, 1.165) is 23.2 Å². The van der Waals surface area contributed by atoms with Crippen molar-refractivity contribution in [1.82, 2.24) is 4.72 Å². The zero-order valence-electron chi connectivity index (χ0n) is 16.4. The Balaban J connectivity index is 1.56. The van der Waals surface area contributed by atoms with E-state index in [0.29, 0.717) is 10.6 Å². The molecule has 1 amide bonds. The Kier molecular flexibility index (Phi) is 5.64. The molecule has 1 N–H and O–H groups in total. The van der Waals surface area contributed by atoms with Gasteiger partial charge in [-0.25, -0.2) is 13.1 Å². The van der Waals surface area contributed by atoms with Gasteiger partial charge in [0.15, 0.2) is 0 Å². The average Bonchev–Trinajstić information content (AvgIpc) is 3.07. The van der Waals surface area contributed by atoms with Gasteiger partial charge in [-0.3, -0.25) is 4.79 Å². The molecular weight excluding hydrogens is 420 g/mol. The molecule has 1 aliphatic heterocycles. The maximum atomic E-state index is 13.1. The van der Waals surface area contributed by atoms with Gasteiger partial charge >= 0.3 is 0 Å². The first kappa shape index (κ1) is 20.6. The fourth-order valence-electron chi connectivity index (χ4n) is 3.67. The first-order valence-electron chi connectivity index (χ1n) is 9.61. The molecule has 0 aliphatic carbocycles. The summed E-state index contributed by atoms with van der Waals surface area (Å²) >= 11 is 5.84. The van der Waals surface area contributed by atoms with Gasteiger partial charge in [0.25, 0.3) is 5.91 Å². The summed E-state index contributed by atoms with van der Waals surface area (Å²) in [6.07, 6.45) is 0.769. The van der Waals surface area contributed by atoms with Crippen LogP contribution in [0.3, 0.4) is 0 Å². The third kappa shape index (κ3) is 4.12. The summed E-state index contributed by atoms with van der Waals surface area (Å²) < 4.78 is 27.7. The fourth-order valence-corrected chi connectivity index (χ4v) is 4.81. The topological polar surface area (TPSA) is 66.5 Å². The molecule has 0 bridgehead atoms. The molecule has 30 heavy (non-hydrogen) atoms. The summed E-state index contributed by atoms with van der Waals surface area (Å²) in [5, 5.41) is 0.477. The van der Waals surface area contributed by atoms with Crippen molar-refractivity contribution < 1.29 is 13.2 Å². The van der Waals surface area contributed by atoms with Gasteiger partial charge in [0, 0.05) is 28.9 Å². The highest BCUT2D eigenvalue weighted by atomic mass is 35.5. The highest BCUT2D eigenvalue weighted by molar-refractivity contribution is 7.89. The van der Waals surface area contributed by atoms with Crippen LogP contribution in [-0.4, -0.2) is 20.4 Å². The lowest BCUT2D eigenvalue weighted by atomic mass is 10.1. The molecule has 1 atom stereocenters. The summed E-state index contributed by atoms with van der Waals surface area (Å²) in [6, 6.07) is 21.0. The van der Waals surface area contributed by atoms with E-state index in [4.69, 9.17) is 11.6 Å². The molecule has 0 aromatic heterocycles. The second-order valence-corrected chi connectivity index (χ2v) is 9.54. The molecule has 0 radical (unpaired) electrons. The van der Waals surface area contributed by atoms with Gasteiger partial charge in [-0.2, -0.15) is 0 Å². The number of carbonyl (C=O) groups excluding carboxylic acids is 1. The van der Waals surface area contributed by atoms with Crippen molar-refractivity contribution in [2.24, 2.45) is 0 Å². The van der Waals surface area contributed by atoms with Crippen LogP contribution in [0.2, 0.25) is 5.02 Å². The van der Waals surface area contributed by atoms with E-state index in [1.54, 1.807) is 29.2 Å². The molecule has 154 valence electrons. The Labute approximate surface area is 181 Å². The number of benzene rings is 3. The molecule has 0 saturated heterocycles. The number of halogens is 1. The molecule has 1 heterocycles. The van der Waals surface area contributed by atoms with Crippen molar-refractivity contribution >= 4 is 33.2 Å². The monoisotopic (exact) mass is 440 g/mol. The van der Waals surface area contributed by atoms with E-state index in [1.165, 1.54) is 12.1 Å². The molecule has 0 unspecified atom stereocenters. The SMILES string of the molecule is C[C@H]1Cc2ccc(CNS(=O)(=O)c3ccc(Cl)cc3)cc2N1C(=O)c1ccccc1. The number of amides is 1. The van der Waals surface area contributed by atoms with Crippen LogP contribution in [0, 0.1) is 0 Å². The van der Waals surface area contributed by atoms with Crippen LogP contribution >= 0.6 is 11.6 Å². The van der Waals surface area contributed by atoms with Crippen LogP contribution in [0.15, 0.2) is 77.7 Å². The van der Waals surface area contributed by atoms with Crippen molar-refractivity contribution in [3.05, 3.63) is 94.5 Å². The van der Waals surface area contributed by atoms with Gasteiger partial charge in [0.1, 0.15) is 0 Å². The summed E-state index contributed by atoms with van der Waals surface area (Å²) in [5.41, 5.74) is 3.33. The predicted octanol–water partition coefficient (Wildman–Crippen LogP) is 4.41. The van der Waals surface area contributed by atoms with Crippen LogP contribution in [0.1, 0.15) is 28.4 Å². The molecule has 4 rings (SSSR count). The van der Waals surface area contributed by atoms with Crippen LogP contribution in [0.4, 0.5) is 5.69 Å². The van der Waals surface area contributed by atoms with Crippen molar-refractivity contribution in [3.63, 3.8) is 0 Å². The Hall–Kier alpha value is -2.67. The molecule has 3 aromatic carbocycles. The molecule has 1 aliphatic rings. The Morgan fingerprint density at radius 1 is 1.07 bits per heavy atom. The number of carbonyl (C=O) groups is 1. The Bertz CT molecular complexity index is 1180. The van der Waals surface area contributed by atoms with Gasteiger partial charge in [-0.1, -0.05) is 41.9 Å². The van der Waals surface area contributed by atoms with E-state index < -0.39 is 10.0 Å². The lowest BCUT2D eigenvalue weighted by Gasteiger charge is -2.23. The molecule has 3 aromatic rings. The van der Waals surface area contributed by atoms with Crippen molar-refractivity contribution in [3.8, 4) is 0 Å². The summed E-state index contributed by atoms with van der Waals surface area (Å²) in [7, 11) is -3.66. The van der Waals surface area contributed by atoms with E-state index >= 15 is 0 Å². The molecule has 0 fully saturated rings. The summed E-state index contributed by atoms with van der Waals surface area (Å²) in [6.45, 7) is 2.14. The predicted molar refractivity (Wildman–Crippen MR) is 118 cm³/mol. The quantitative estimate of drug-likeness (QED) is 0.639. The highest BCUT2D eigenvalue weighted by Crippen LogP contribution is 2.34. The van der Waals surface area contributed by atoms with Gasteiger partial charge < -0.3 is 4.90 Å². The van der Waals surface area contributed by atoms with E-state index in [1.807, 2.05) is 43.3 Å². The molecule has 5 nitrogen and oxygen atoms in total. The number of hydrogen-bond acceptors (Lipinski definition) is 3. The van der Waals surface area contributed by atoms with Crippen molar-refractivity contribution in [1.29, 1.82) is 0 Å². The third-order valence-electron chi connectivity index (χ3n) is 5.20. The minimum absolute atomic E-state index is 0.0358. The van der Waals surface area contributed by atoms with Gasteiger partial charge in [0.05, 0.1) is 4.90 Å². The van der Waals surface area contributed by atoms with E-state index in [2.05, 4.69) is 4.72 Å². The molecule has 7 heteroatoms. The van der Waals surface area contributed by atoms with Crippen molar-refractivity contribution in [2.45, 2.75) is 30.8 Å². The van der Waals surface area contributed by atoms with E-state index in [-0.39, 0.29) is 23.4 Å². The standard InChI is InChI=1S/C23H21ClN2O3S/c1-16-13-19-8-7-17(15-25-30(28,29)21-11-9-20(24)10-12-21)14-22(19)26(16)23(27)18-5-3-2-4-6-18/h2-12,14,16,25H,13,15H2,1H3/t16-/m0/s1. The van der Waals surface area contributed by atoms with Gasteiger partial charge in [-0.15, -0.1) is 0 Å². The lowest BCUT2D eigenvalue weighted by Crippen LogP contribution is -2.35. The Morgan fingerprint density at radius 3 is 2.47 bits per heavy atom. The smallest absolute Gasteiger partial charge is 0.258 e. The molecule has 0 spiro atoms. The zero-order valence-corrected chi connectivity index (χ0v) is 18.0. The molecular formula is C23H21ClN2O3S.